The molecule has 0 saturated carbocycles. The Morgan fingerprint density at radius 2 is 2.00 bits per heavy atom. The van der Waals surface area contributed by atoms with Crippen molar-refractivity contribution in [1.82, 2.24) is 10.2 Å². The van der Waals surface area contributed by atoms with E-state index in [-0.39, 0.29) is 0 Å². The third-order valence-corrected chi connectivity index (χ3v) is 4.36. The van der Waals surface area contributed by atoms with Crippen LogP contribution in [0.1, 0.15) is 43.7 Å². The fourth-order valence-corrected chi connectivity index (χ4v) is 3.16. The average molecular weight is 260 g/mol. The summed E-state index contributed by atoms with van der Waals surface area (Å²) < 4.78 is 0. The van der Waals surface area contributed by atoms with Crippen molar-refractivity contribution in [3.63, 3.8) is 0 Å². The number of rotatable bonds is 6. The van der Waals surface area contributed by atoms with Crippen LogP contribution in [0.2, 0.25) is 0 Å². The van der Waals surface area contributed by atoms with Crippen molar-refractivity contribution >= 4 is 0 Å². The minimum absolute atomic E-state index is 0.797. The van der Waals surface area contributed by atoms with Gasteiger partial charge in [-0.25, -0.2) is 0 Å². The molecule has 1 aliphatic rings. The minimum Gasteiger partial charge on any atom is -0.319 e. The van der Waals surface area contributed by atoms with E-state index in [0.29, 0.717) is 0 Å². The van der Waals surface area contributed by atoms with Gasteiger partial charge in [0.05, 0.1) is 0 Å². The Morgan fingerprint density at radius 1 is 1.21 bits per heavy atom. The van der Waals surface area contributed by atoms with E-state index in [9.17, 15) is 0 Å². The van der Waals surface area contributed by atoms with Gasteiger partial charge in [0, 0.05) is 12.6 Å². The minimum atomic E-state index is 0.797. The van der Waals surface area contributed by atoms with Crippen LogP contribution in [-0.2, 0) is 13.0 Å². The Hall–Kier alpha value is -0.860. The molecule has 0 bridgehead atoms. The van der Waals surface area contributed by atoms with Crippen molar-refractivity contribution in [3.8, 4) is 0 Å². The SMILES string of the molecule is CCC1CCCCN1Cc1ccccc1CCNC. The molecule has 0 amide bonds. The van der Waals surface area contributed by atoms with Gasteiger partial charge in [-0.1, -0.05) is 37.6 Å². The number of likely N-dealkylation sites (N-methyl/N-ethyl adjacent to an activating group) is 1. The summed E-state index contributed by atoms with van der Waals surface area (Å²) in [5, 5.41) is 3.25. The van der Waals surface area contributed by atoms with Crippen molar-refractivity contribution in [2.45, 2.75) is 51.6 Å². The van der Waals surface area contributed by atoms with E-state index >= 15 is 0 Å². The molecule has 1 N–H and O–H groups in total. The lowest BCUT2D eigenvalue weighted by atomic mass is 9.97. The number of hydrogen-bond acceptors (Lipinski definition) is 2. The lowest BCUT2D eigenvalue weighted by Crippen LogP contribution is -2.38. The zero-order valence-electron chi connectivity index (χ0n) is 12.5. The highest BCUT2D eigenvalue weighted by atomic mass is 15.2. The van der Waals surface area contributed by atoms with Crippen LogP contribution in [0.15, 0.2) is 24.3 Å². The summed E-state index contributed by atoms with van der Waals surface area (Å²) in [5.74, 6) is 0. The average Bonchev–Trinajstić information content (AvgIpc) is 2.47. The first-order valence-corrected chi connectivity index (χ1v) is 7.80. The van der Waals surface area contributed by atoms with Gasteiger partial charge in [0.15, 0.2) is 0 Å². The lowest BCUT2D eigenvalue weighted by Gasteiger charge is -2.35. The van der Waals surface area contributed by atoms with E-state index in [2.05, 4.69) is 41.4 Å². The van der Waals surface area contributed by atoms with Crippen LogP contribution in [0.5, 0.6) is 0 Å². The molecular formula is C17H28N2. The van der Waals surface area contributed by atoms with E-state index in [4.69, 9.17) is 0 Å². The van der Waals surface area contributed by atoms with Gasteiger partial charge >= 0.3 is 0 Å². The van der Waals surface area contributed by atoms with E-state index < -0.39 is 0 Å². The van der Waals surface area contributed by atoms with E-state index in [1.54, 1.807) is 0 Å². The molecule has 1 aromatic rings. The molecule has 1 atom stereocenters. The van der Waals surface area contributed by atoms with Crippen LogP contribution in [0.4, 0.5) is 0 Å². The first-order valence-electron chi connectivity index (χ1n) is 7.80. The standard InChI is InChI=1S/C17H28N2/c1-3-17-10-6-7-13-19(17)14-16-9-5-4-8-15(16)11-12-18-2/h4-5,8-9,17-18H,3,6-7,10-14H2,1-2H3. The van der Waals surface area contributed by atoms with Gasteiger partial charge in [-0.05, 0) is 56.9 Å². The smallest absolute Gasteiger partial charge is 0.0239 e. The van der Waals surface area contributed by atoms with Gasteiger partial charge in [-0.3, -0.25) is 4.90 Å². The lowest BCUT2D eigenvalue weighted by molar-refractivity contribution is 0.136. The highest BCUT2D eigenvalue weighted by molar-refractivity contribution is 5.27. The predicted molar refractivity (Wildman–Crippen MR) is 82.4 cm³/mol. The Kier molecular flexibility index (Phi) is 5.87. The second kappa shape index (κ2) is 7.66. The highest BCUT2D eigenvalue weighted by Crippen LogP contribution is 2.23. The molecule has 2 rings (SSSR count). The summed E-state index contributed by atoms with van der Waals surface area (Å²) in [7, 11) is 2.03. The molecule has 106 valence electrons. The Bertz CT molecular complexity index is 375. The molecule has 1 unspecified atom stereocenters. The topological polar surface area (TPSA) is 15.3 Å². The van der Waals surface area contributed by atoms with Gasteiger partial charge < -0.3 is 5.32 Å². The summed E-state index contributed by atoms with van der Waals surface area (Å²) in [6.07, 6.45) is 6.59. The quantitative estimate of drug-likeness (QED) is 0.845. The second-order valence-electron chi connectivity index (χ2n) is 5.65. The maximum atomic E-state index is 3.25. The largest absolute Gasteiger partial charge is 0.319 e. The van der Waals surface area contributed by atoms with Gasteiger partial charge in [0.1, 0.15) is 0 Å². The normalized spacial score (nSPS) is 20.6. The molecular weight excluding hydrogens is 232 g/mol. The first-order chi connectivity index (χ1) is 9.35. The van der Waals surface area contributed by atoms with E-state index in [1.165, 1.54) is 43.4 Å². The van der Waals surface area contributed by atoms with Crippen LogP contribution in [0.25, 0.3) is 0 Å². The summed E-state index contributed by atoms with van der Waals surface area (Å²) in [5.41, 5.74) is 3.04. The zero-order chi connectivity index (χ0) is 13.5. The highest BCUT2D eigenvalue weighted by Gasteiger charge is 2.21. The van der Waals surface area contributed by atoms with Crippen LogP contribution in [0, 0.1) is 0 Å². The molecule has 0 aromatic heterocycles. The van der Waals surface area contributed by atoms with Gasteiger partial charge in [-0.2, -0.15) is 0 Å². The first kappa shape index (κ1) is 14.5. The Balaban J connectivity index is 2.04. The monoisotopic (exact) mass is 260 g/mol. The number of nitrogens with one attached hydrogen (secondary N) is 1. The Labute approximate surface area is 118 Å². The third-order valence-electron chi connectivity index (χ3n) is 4.36. The maximum absolute atomic E-state index is 3.25. The summed E-state index contributed by atoms with van der Waals surface area (Å²) in [6, 6.07) is 9.75. The molecule has 19 heavy (non-hydrogen) atoms. The van der Waals surface area contributed by atoms with E-state index in [1.807, 2.05) is 7.05 Å². The summed E-state index contributed by atoms with van der Waals surface area (Å²) >= 11 is 0. The van der Waals surface area contributed by atoms with Crippen LogP contribution >= 0.6 is 0 Å². The van der Waals surface area contributed by atoms with Crippen molar-refractivity contribution in [1.29, 1.82) is 0 Å². The summed E-state index contributed by atoms with van der Waals surface area (Å²) in [4.78, 5) is 2.70. The molecule has 2 nitrogen and oxygen atoms in total. The van der Waals surface area contributed by atoms with Gasteiger partial charge in [0.25, 0.3) is 0 Å². The third kappa shape index (κ3) is 4.05. The molecule has 0 aliphatic carbocycles. The molecule has 1 aliphatic heterocycles. The number of nitrogens with zero attached hydrogens (tertiary/aromatic N) is 1. The molecule has 0 radical (unpaired) electrons. The van der Waals surface area contributed by atoms with Gasteiger partial charge in [0.2, 0.25) is 0 Å². The molecule has 1 aromatic carbocycles. The van der Waals surface area contributed by atoms with E-state index in [0.717, 1.165) is 25.6 Å². The predicted octanol–water partition coefficient (Wildman–Crippen LogP) is 3.21. The van der Waals surface area contributed by atoms with Crippen molar-refractivity contribution in [3.05, 3.63) is 35.4 Å². The van der Waals surface area contributed by atoms with Crippen molar-refractivity contribution < 1.29 is 0 Å². The number of hydrogen-bond donors (Lipinski definition) is 1. The number of likely N-dealkylation sites (tertiary alicyclic amines) is 1. The maximum Gasteiger partial charge on any atom is 0.0239 e. The molecule has 0 spiro atoms. The van der Waals surface area contributed by atoms with Crippen molar-refractivity contribution in [2.24, 2.45) is 0 Å². The molecule has 1 fully saturated rings. The molecule has 1 saturated heterocycles. The Morgan fingerprint density at radius 3 is 2.74 bits per heavy atom. The molecule has 1 heterocycles. The van der Waals surface area contributed by atoms with Crippen LogP contribution in [-0.4, -0.2) is 31.1 Å². The van der Waals surface area contributed by atoms with Crippen molar-refractivity contribution in [2.75, 3.05) is 20.1 Å². The molecule has 2 heteroatoms. The fraction of sp³-hybridized carbons (Fsp3) is 0.647. The zero-order valence-corrected chi connectivity index (χ0v) is 12.5. The van der Waals surface area contributed by atoms with Crippen LogP contribution in [0.3, 0.4) is 0 Å². The number of benzene rings is 1. The number of piperidine rings is 1. The fourth-order valence-electron chi connectivity index (χ4n) is 3.16. The summed E-state index contributed by atoms with van der Waals surface area (Å²) in [6.45, 7) is 5.81. The van der Waals surface area contributed by atoms with Crippen LogP contribution < -0.4 is 5.32 Å². The van der Waals surface area contributed by atoms with Gasteiger partial charge in [-0.15, -0.1) is 0 Å². The second-order valence-corrected chi connectivity index (χ2v) is 5.65.